The second-order valence-corrected chi connectivity index (χ2v) is 12.4. The molecule has 0 saturated heterocycles. The van der Waals surface area contributed by atoms with Crippen molar-refractivity contribution in [2.24, 2.45) is 0 Å². The predicted molar refractivity (Wildman–Crippen MR) is 192 cm³/mol. The highest BCUT2D eigenvalue weighted by Crippen LogP contribution is 2.37. The number of aromatic carboxylic acids is 2. The van der Waals surface area contributed by atoms with E-state index in [0.717, 1.165) is 0 Å². The molecule has 0 aliphatic heterocycles. The number of anilines is 4. The minimum atomic E-state index is -4.45. The van der Waals surface area contributed by atoms with E-state index in [1.54, 1.807) is 46.2 Å². The summed E-state index contributed by atoms with van der Waals surface area (Å²) < 4.78 is 85.7. The van der Waals surface area contributed by atoms with Crippen molar-refractivity contribution < 1.29 is 55.6 Å². The number of hydrogen-bond donors (Lipinski definition) is 2. The van der Waals surface area contributed by atoms with Crippen LogP contribution in [0.5, 0.6) is 11.5 Å². The lowest BCUT2D eigenvalue weighted by atomic mass is 10.0. The van der Waals surface area contributed by atoms with Crippen LogP contribution in [0.2, 0.25) is 0 Å². The van der Waals surface area contributed by atoms with Crippen molar-refractivity contribution in [3.63, 3.8) is 0 Å². The lowest BCUT2D eigenvalue weighted by molar-refractivity contribution is -0.154. The summed E-state index contributed by atoms with van der Waals surface area (Å²) in [5.41, 5.74) is 3.17. The normalized spacial score (nSPS) is 11.5. The van der Waals surface area contributed by atoms with E-state index in [-0.39, 0.29) is 34.5 Å². The fourth-order valence-corrected chi connectivity index (χ4v) is 5.46. The number of halogens is 6. The fraction of sp³-hybridized carbons (Fsp3) is 0.368. The molecule has 0 fully saturated rings. The van der Waals surface area contributed by atoms with Crippen molar-refractivity contribution in [3.05, 3.63) is 95.6 Å². The van der Waals surface area contributed by atoms with E-state index in [9.17, 15) is 46.1 Å². The molecule has 2 N–H and O–H groups in total. The Morgan fingerprint density at radius 2 is 1.00 bits per heavy atom. The van der Waals surface area contributed by atoms with E-state index in [0.29, 0.717) is 47.0 Å². The first-order chi connectivity index (χ1) is 25.3. The first-order valence-electron chi connectivity index (χ1n) is 16.8. The van der Waals surface area contributed by atoms with Crippen LogP contribution in [0.3, 0.4) is 0 Å². The molecule has 4 rings (SSSR count). The van der Waals surface area contributed by atoms with Crippen LogP contribution >= 0.6 is 0 Å². The van der Waals surface area contributed by atoms with Crippen molar-refractivity contribution in [2.45, 2.75) is 65.7 Å². The Kier molecular flexibility index (Phi) is 14.7. The molecule has 10 nitrogen and oxygen atoms in total. The van der Waals surface area contributed by atoms with Crippen LogP contribution in [-0.4, -0.2) is 70.8 Å². The van der Waals surface area contributed by atoms with E-state index in [4.69, 9.17) is 9.47 Å². The molecule has 292 valence electrons. The molecule has 4 aromatic rings. The number of nitrogens with zero attached hydrogens (tertiary/aromatic N) is 4. The largest absolute Gasteiger partial charge is 0.484 e. The van der Waals surface area contributed by atoms with Crippen molar-refractivity contribution in [1.29, 1.82) is 0 Å². The van der Waals surface area contributed by atoms with E-state index in [1.165, 1.54) is 36.9 Å². The summed E-state index contributed by atoms with van der Waals surface area (Å²) >= 11 is 0. The van der Waals surface area contributed by atoms with Gasteiger partial charge in [0.1, 0.15) is 22.6 Å². The van der Waals surface area contributed by atoms with Gasteiger partial charge in [0.05, 0.1) is 11.4 Å². The summed E-state index contributed by atoms with van der Waals surface area (Å²) in [6, 6.07) is 13.0. The Balaban J connectivity index is 0.000000290. The highest BCUT2D eigenvalue weighted by Gasteiger charge is 2.30. The zero-order valence-electron chi connectivity index (χ0n) is 30.5. The van der Waals surface area contributed by atoms with Crippen LogP contribution in [0.1, 0.15) is 85.2 Å². The maximum absolute atomic E-state index is 12.6. The molecule has 2 aromatic heterocycles. The summed E-state index contributed by atoms with van der Waals surface area (Å²) in [7, 11) is 0. The fourth-order valence-electron chi connectivity index (χ4n) is 5.46. The van der Waals surface area contributed by atoms with E-state index >= 15 is 0 Å². The number of rotatable bonds is 14. The lowest BCUT2D eigenvalue weighted by Gasteiger charge is -2.26. The molecule has 0 radical (unpaired) electrons. The van der Waals surface area contributed by atoms with Gasteiger partial charge in [-0.2, -0.15) is 26.3 Å². The molecule has 0 saturated carbocycles. The van der Waals surface area contributed by atoms with Crippen LogP contribution in [-0.2, 0) is 0 Å². The number of pyridine rings is 2. The van der Waals surface area contributed by atoms with Gasteiger partial charge in [0.25, 0.3) is 0 Å². The van der Waals surface area contributed by atoms with Gasteiger partial charge in [-0.3, -0.25) is 9.97 Å². The molecule has 0 amide bonds. The zero-order chi connectivity index (χ0) is 40.4. The zero-order valence-corrected chi connectivity index (χ0v) is 30.5. The Morgan fingerprint density at radius 1 is 0.648 bits per heavy atom. The summed E-state index contributed by atoms with van der Waals surface area (Å²) in [5, 5.41) is 18.8. The molecule has 0 spiro atoms. The average Bonchev–Trinajstić information content (AvgIpc) is 3.10. The van der Waals surface area contributed by atoms with Crippen LogP contribution in [0, 0.1) is 0 Å². The number of alkyl halides is 6. The van der Waals surface area contributed by atoms with Crippen molar-refractivity contribution in [1.82, 2.24) is 9.97 Å². The van der Waals surface area contributed by atoms with Gasteiger partial charge in [0.15, 0.2) is 13.2 Å². The lowest BCUT2D eigenvalue weighted by Crippen LogP contribution is -2.21. The number of benzene rings is 2. The van der Waals surface area contributed by atoms with Crippen molar-refractivity contribution in [2.75, 3.05) is 36.1 Å². The molecule has 2 aromatic carbocycles. The molecule has 0 bridgehead atoms. The van der Waals surface area contributed by atoms with Gasteiger partial charge in [0, 0.05) is 61.4 Å². The van der Waals surface area contributed by atoms with Crippen molar-refractivity contribution >= 4 is 34.7 Å². The Bertz CT molecular complexity index is 1750. The van der Waals surface area contributed by atoms with Gasteiger partial charge in [-0.25, -0.2) is 9.59 Å². The number of aromatic nitrogens is 2. The van der Waals surface area contributed by atoms with Crippen LogP contribution in [0.25, 0.3) is 0 Å². The highest BCUT2D eigenvalue weighted by atomic mass is 19.4. The molecule has 0 unspecified atom stereocenters. The van der Waals surface area contributed by atoms with Gasteiger partial charge in [0.2, 0.25) is 0 Å². The summed E-state index contributed by atoms with van der Waals surface area (Å²) in [4.78, 5) is 34.0. The van der Waals surface area contributed by atoms with Gasteiger partial charge >= 0.3 is 24.3 Å². The van der Waals surface area contributed by atoms with Crippen LogP contribution in [0.4, 0.5) is 49.1 Å². The first kappa shape index (κ1) is 42.9. The number of carboxylic acid groups (broad SMARTS) is 2. The third-order valence-corrected chi connectivity index (χ3v) is 7.92. The summed E-state index contributed by atoms with van der Waals surface area (Å²) in [6.07, 6.45) is -3.48. The molecule has 16 heteroatoms. The first-order valence-corrected chi connectivity index (χ1v) is 16.8. The van der Waals surface area contributed by atoms with Gasteiger partial charge in [-0.1, -0.05) is 39.8 Å². The minimum Gasteiger partial charge on any atom is -0.484 e. The average molecular weight is 765 g/mol. The van der Waals surface area contributed by atoms with Gasteiger partial charge < -0.3 is 29.5 Å². The highest BCUT2D eigenvalue weighted by molar-refractivity contribution is 5.96. The molecular weight excluding hydrogens is 722 g/mol. The second-order valence-electron chi connectivity index (χ2n) is 12.4. The third kappa shape index (κ3) is 11.7. The Morgan fingerprint density at radius 3 is 1.28 bits per heavy atom. The van der Waals surface area contributed by atoms with Gasteiger partial charge in [-0.05, 0) is 61.1 Å². The molecule has 0 atom stereocenters. The smallest absolute Gasteiger partial charge is 0.422 e. The quantitative estimate of drug-likeness (QED) is 0.120. The third-order valence-electron chi connectivity index (χ3n) is 7.92. The van der Waals surface area contributed by atoms with E-state index in [1.807, 2.05) is 41.5 Å². The molecule has 0 aliphatic rings. The van der Waals surface area contributed by atoms with Crippen LogP contribution in [0.15, 0.2) is 73.3 Å². The van der Waals surface area contributed by atoms with E-state index in [2.05, 4.69) is 9.97 Å². The number of carbonyl (C=O) groups is 2. The molecule has 54 heavy (non-hydrogen) atoms. The molecular formula is C38H42F6N4O6. The Hall–Kier alpha value is -5.54. The molecule has 2 heterocycles. The monoisotopic (exact) mass is 764 g/mol. The maximum Gasteiger partial charge on any atom is 0.422 e. The van der Waals surface area contributed by atoms with E-state index < -0.39 is 37.5 Å². The number of hydrogen-bond acceptors (Lipinski definition) is 8. The number of carboxylic acids is 2. The topological polar surface area (TPSA) is 125 Å². The minimum absolute atomic E-state index is 0.00467. The maximum atomic E-state index is 12.6. The number of ether oxygens (including phenoxy) is 2. The van der Waals surface area contributed by atoms with Gasteiger partial charge in [-0.15, -0.1) is 0 Å². The molecule has 0 aliphatic carbocycles. The van der Waals surface area contributed by atoms with Crippen LogP contribution < -0.4 is 19.3 Å². The summed E-state index contributed by atoms with van der Waals surface area (Å²) in [5.74, 6) is -2.08. The predicted octanol–water partition coefficient (Wildman–Crippen LogP) is 10.0. The second kappa shape index (κ2) is 18.5. The Labute approximate surface area is 309 Å². The van der Waals surface area contributed by atoms with Crippen molar-refractivity contribution in [3.8, 4) is 11.5 Å². The summed E-state index contributed by atoms with van der Waals surface area (Å²) in [6.45, 7) is 9.11. The standard InChI is InChI=1S/2C19H21F3N2O3/c2*1-4-24(16-7-8-23-10-15(16)18(25)26)13-5-6-14(12(2)3)17(9-13)27-11-19(20,21)22/h2*5-10,12H,4,11H2,1-3H3,(H,25,26). The SMILES string of the molecule is CCN(c1ccc(C(C)C)c(OCC(F)(F)F)c1)c1ccncc1C(=O)O.CCN(c1ccc(C(C)C)c(OCC(F)(F)F)c1)c1ccncc1C(=O)O.